The second kappa shape index (κ2) is 9.90. The summed E-state index contributed by atoms with van der Waals surface area (Å²) in [7, 11) is 0. The number of nitrogens with zero attached hydrogens (tertiary/aromatic N) is 5. The third-order valence-corrected chi connectivity index (χ3v) is 8.64. The zero-order valence-electron chi connectivity index (χ0n) is 21.0. The van der Waals surface area contributed by atoms with Gasteiger partial charge >= 0.3 is 6.18 Å². The maximum atomic E-state index is 13.4. The van der Waals surface area contributed by atoms with E-state index in [0.717, 1.165) is 45.7 Å². The molecule has 6 nitrogen and oxygen atoms in total. The molecule has 5 heterocycles. The number of amidine groups is 1. The Morgan fingerprint density at radius 3 is 2.51 bits per heavy atom. The van der Waals surface area contributed by atoms with Gasteiger partial charge in [0.25, 0.3) is 5.19 Å². The van der Waals surface area contributed by atoms with E-state index in [1.165, 1.54) is 11.3 Å². The first-order valence-corrected chi connectivity index (χ1v) is 14.2. The minimum atomic E-state index is -4.38. The Morgan fingerprint density at radius 1 is 1.14 bits per heavy atom. The third kappa shape index (κ3) is 5.20. The number of aliphatic imine (C=N–C) groups is 1. The normalized spacial score (nSPS) is 19.2. The lowest BCUT2D eigenvalue weighted by atomic mass is 9.82. The van der Waals surface area contributed by atoms with Crippen LogP contribution in [0.15, 0.2) is 52.3 Å². The van der Waals surface area contributed by atoms with Crippen molar-refractivity contribution in [3.63, 3.8) is 0 Å². The smallest absolute Gasteiger partial charge is 0.415 e. The minimum absolute atomic E-state index is 0.0761. The van der Waals surface area contributed by atoms with Crippen molar-refractivity contribution in [2.75, 3.05) is 19.3 Å². The number of pyridine rings is 2. The lowest BCUT2D eigenvalue weighted by Crippen LogP contribution is -2.47. The molecule has 2 aliphatic heterocycles. The molecule has 3 aromatic heterocycles. The largest absolute Gasteiger partial charge is 0.467 e. The molecule has 0 amide bonds. The number of alkyl halides is 3. The van der Waals surface area contributed by atoms with Gasteiger partial charge in [0.05, 0.1) is 21.7 Å². The van der Waals surface area contributed by atoms with Crippen molar-refractivity contribution in [3.8, 4) is 16.5 Å². The number of thioether (sulfide) groups is 1. The molecule has 3 aromatic rings. The number of aromatic nitrogens is 3. The molecule has 0 radical (unpaired) electrons. The lowest BCUT2D eigenvalue weighted by molar-refractivity contribution is -0.101. The van der Waals surface area contributed by atoms with Crippen molar-refractivity contribution in [2.45, 2.75) is 50.9 Å². The summed E-state index contributed by atoms with van der Waals surface area (Å²) in [5, 5.41) is 1.53. The molecule has 1 fully saturated rings. The highest BCUT2D eigenvalue weighted by atomic mass is 32.2. The molecular weight excluding hydrogens is 519 g/mol. The van der Waals surface area contributed by atoms with Crippen LogP contribution >= 0.6 is 23.1 Å². The molecule has 5 rings (SSSR count). The van der Waals surface area contributed by atoms with Gasteiger partial charge in [0.2, 0.25) is 0 Å². The Labute approximate surface area is 222 Å². The van der Waals surface area contributed by atoms with E-state index in [4.69, 9.17) is 9.72 Å². The van der Waals surface area contributed by atoms with Gasteiger partial charge in [-0.3, -0.25) is 0 Å². The molecule has 0 saturated carbocycles. The monoisotopic (exact) mass is 547 g/mol. The van der Waals surface area contributed by atoms with E-state index in [0.29, 0.717) is 24.1 Å². The lowest BCUT2D eigenvalue weighted by Gasteiger charge is -2.40. The average molecular weight is 548 g/mol. The number of hydrogen-bond acceptors (Lipinski definition) is 8. The number of fused-ring (bicyclic) bond motifs is 1. The van der Waals surface area contributed by atoms with Gasteiger partial charge in [0.15, 0.2) is 0 Å². The Balaban J connectivity index is 1.20. The van der Waals surface area contributed by atoms with Gasteiger partial charge < -0.3 is 9.64 Å². The number of thiazole rings is 1. The van der Waals surface area contributed by atoms with Gasteiger partial charge in [0.1, 0.15) is 22.3 Å². The molecule has 1 saturated heterocycles. The SMILES string of the molecule is CSc1ccc(-c2ccc3nc(O[C@@H](C)C4CCN(C5=NC=C(C(F)(F)F)C5(C)C)CC4)sc3n2)cn1. The number of piperidine rings is 1. The second-order valence-electron chi connectivity index (χ2n) is 9.86. The summed E-state index contributed by atoms with van der Waals surface area (Å²) in [5.41, 5.74) is 0.837. The summed E-state index contributed by atoms with van der Waals surface area (Å²) >= 11 is 3.01. The van der Waals surface area contributed by atoms with Crippen LogP contribution in [0.3, 0.4) is 0 Å². The molecule has 0 bridgehead atoms. The van der Waals surface area contributed by atoms with Crippen LogP contribution in [0.5, 0.6) is 5.19 Å². The molecule has 2 aliphatic rings. The van der Waals surface area contributed by atoms with Crippen molar-refractivity contribution in [2.24, 2.45) is 16.3 Å². The summed E-state index contributed by atoms with van der Waals surface area (Å²) in [5.74, 6) is 0.770. The van der Waals surface area contributed by atoms with Crippen LogP contribution in [0.1, 0.15) is 33.6 Å². The van der Waals surface area contributed by atoms with Crippen molar-refractivity contribution < 1.29 is 17.9 Å². The van der Waals surface area contributed by atoms with Crippen LogP contribution in [0.2, 0.25) is 0 Å². The van der Waals surface area contributed by atoms with Gasteiger partial charge in [-0.1, -0.05) is 11.3 Å². The van der Waals surface area contributed by atoms with Crippen molar-refractivity contribution >= 4 is 39.3 Å². The third-order valence-electron chi connectivity index (χ3n) is 7.12. The summed E-state index contributed by atoms with van der Waals surface area (Å²) in [6, 6.07) is 7.87. The first-order chi connectivity index (χ1) is 17.6. The number of hydrogen-bond donors (Lipinski definition) is 0. The molecular formula is C26H28F3N5OS2. The minimum Gasteiger partial charge on any atom is -0.467 e. The van der Waals surface area contributed by atoms with Crippen molar-refractivity contribution in [3.05, 3.63) is 42.2 Å². The fraction of sp³-hybridized carbons (Fsp3) is 0.462. The molecule has 1 atom stereocenters. The quantitative estimate of drug-likeness (QED) is 0.326. The Hall–Kier alpha value is -2.66. The Morgan fingerprint density at radius 2 is 1.89 bits per heavy atom. The molecule has 37 heavy (non-hydrogen) atoms. The highest BCUT2D eigenvalue weighted by Gasteiger charge is 2.50. The molecule has 0 N–H and O–H groups in total. The summed E-state index contributed by atoms with van der Waals surface area (Å²) in [6.45, 7) is 6.52. The maximum absolute atomic E-state index is 13.4. The fourth-order valence-electron chi connectivity index (χ4n) is 4.97. The highest BCUT2D eigenvalue weighted by molar-refractivity contribution is 7.98. The Kier molecular flexibility index (Phi) is 6.95. The standard InChI is InChI=1S/C26H28F3N5OS2/c1-15(16-9-11-34(12-10-16)23-25(2,3)20(14-31-23)26(27,28)29)35-24-33-19-7-6-18(32-22(19)37-24)17-5-8-21(36-4)30-13-17/h5-8,13-16H,9-12H2,1-4H3/t15-/m0/s1. The van der Waals surface area contributed by atoms with Gasteiger partial charge in [-0.25, -0.2) is 19.9 Å². The van der Waals surface area contributed by atoms with E-state index in [1.54, 1.807) is 25.6 Å². The van der Waals surface area contributed by atoms with Crippen molar-refractivity contribution in [1.82, 2.24) is 19.9 Å². The van der Waals surface area contributed by atoms with Crippen LogP contribution in [-0.2, 0) is 0 Å². The molecule has 0 unspecified atom stereocenters. The van der Waals surface area contributed by atoms with E-state index in [-0.39, 0.29) is 12.0 Å². The predicted molar refractivity (Wildman–Crippen MR) is 142 cm³/mol. The van der Waals surface area contributed by atoms with Crippen LogP contribution in [-0.4, -0.2) is 57.3 Å². The van der Waals surface area contributed by atoms with E-state index in [1.807, 2.05) is 48.5 Å². The van der Waals surface area contributed by atoms with Gasteiger partial charge in [0, 0.05) is 31.0 Å². The average Bonchev–Trinajstić information content (AvgIpc) is 3.42. The fourth-order valence-corrected chi connectivity index (χ4v) is 6.20. The highest BCUT2D eigenvalue weighted by Crippen LogP contribution is 2.45. The maximum Gasteiger partial charge on any atom is 0.415 e. The Bertz CT molecular complexity index is 1340. The summed E-state index contributed by atoms with van der Waals surface area (Å²) in [6.07, 6.45) is 1.96. The van der Waals surface area contributed by atoms with Gasteiger partial charge in [-0.05, 0) is 70.1 Å². The molecule has 0 spiro atoms. The van der Waals surface area contributed by atoms with Crippen LogP contribution in [0.25, 0.3) is 21.6 Å². The molecule has 196 valence electrons. The van der Waals surface area contributed by atoms with Crippen molar-refractivity contribution in [1.29, 1.82) is 0 Å². The first-order valence-electron chi connectivity index (χ1n) is 12.1. The van der Waals surface area contributed by atoms with Crippen LogP contribution < -0.4 is 4.74 Å². The van der Waals surface area contributed by atoms with Crippen LogP contribution in [0, 0.1) is 11.3 Å². The number of ether oxygens (including phenoxy) is 1. The topological polar surface area (TPSA) is 63.5 Å². The van der Waals surface area contributed by atoms with Gasteiger partial charge in [-0.2, -0.15) is 13.2 Å². The van der Waals surface area contributed by atoms with Gasteiger partial charge in [-0.15, -0.1) is 11.8 Å². The number of rotatable bonds is 5. The zero-order valence-corrected chi connectivity index (χ0v) is 22.7. The van der Waals surface area contributed by atoms with E-state index < -0.39 is 17.2 Å². The molecule has 11 heteroatoms. The number of likely N-dealkylation sites (tertiary alicyclic amines) is 1. The molecule has 0 aromatic carbocycles. The van der Waals surface area contributed by atoms with Crippen LogP contribution in [0.4, 0.5) is 13.2 Å². The molecule has 0 aliphatic carbocycles. The number of halogens is 3. The van der Waals surface area contributed by atoms with E-state index in [2.05, 4.69) is 15.0 Å². The second-order valence-corrected chi connectivity index (χ2v) is 11.6. The first kappa shape index (κ1) is 26.0. The summed E-state index contributed by atoms with van der Waals surface area (Å²) < 4.78 is 46.4. The zero-order chi connectivity index (χ0) is 26.4. The van der Waals surface area contributed by atoms with E-state index in [9.17, 15) is 13.2 Å². The summed E-state index contributed by atoms with van der Waals surface area (Å²) in [4.78, 5) is 20.8. The van der Waals surface area contributed by atoms with E-state index >= 15 is 0 Å². The predicted octanol–water partition coefficient (Wildman–Crippen LogP) is 6.84.